The van der Waals surface area contributed by atoms with Crippen molar-refractivity contribution in [2.75, 3.05) is 32.7 Å². The number of urea groups is 1. The number of rotatable bonds is 8. The summed E-state index contributed by atoms with van der Waals surface area (Å²) < 4.78 is 5.36. The van der Waals surface area contributed by atoms with Crippen LogP contribution >= 0.6 is 11.6 Å². The highest BCUT2D eigenvalue weighted by Gasteiger charge is 2.22. The molecular formula is C19H25ClN6O3. The molecule has 1 aliphatic rings. The molecule has 0 bridgehead atoms. The van der Waals surface area contributed by atoms with E-state index in [1.165, 1.54) is 0 Å². The van der Waals surface area contributed by atoms with Crippen molar-refractivity contribution in [3.63, 3.8) is 0 Å². The summed E-state index contributed by atoms with van der Waals surface area (Å²) in [7, 11) is 0. The smallest absolute Gasteiger partial charge is 0.312 e. The van der Waals surface area contributed by atoms with Crippen LogP contribution in [-0.2, 0) is 11.3 Å². The van der Waals surface area contributed by atoms with Crippen LogP contribution < -0.4 is 11.1 Å². The summed E-state index contributed by atoms with van der Waals surface area (Å²) in [5.41, 5.74) is 5.86. The van der Waals surface area contributed by atoms with Gasteiger partial charge in [0, 0.05) is 49.7 Å². The van der Waals surface area contributed by atoms with Gasteiger partial charge in [-0.05, 0) is 37.1 Å². The highest BCUT2D eigenvalue weighted by Crippen LogP contribution is 2.19. The van der Waals surface area contributed by atoms with Crippen LogP contribution in [0, 0.1) is 0 Å². The molecule has 0 atom stereocenters. The van der Waals surface area contributed by atoms with Gasteiger partial charge in [-0.15, -0.1) is 0 Å². The third-order valence-electron chi connectivity index (χ3n) is 4.77. The lowest BCUT2D eigenvalue weighted by Crippen LogP contribution is -2.48. The van der Waals surface area contributed by atoms with E-state index in [4.69, 9.17) is 21.9 Å². The zero-order valence-electron chi connectivity index (χ0n) is 16.1. The van der Waals surface area contributed by atoms with E-state index in [1.807, 2.05) is 17.0 Å². The number of hydrogen-bond acceptors (Lipinski definition) is 6. The van der Waals surface area contributed by atoms with Crippen LogP contribution in [0.4, 0.5) is 4.79 Å². The summed E-state index contributed by atoms with van der Waals surface area (Å²) >= 11 is 5.90. The highest BCUT2D eigenvalue weighted by molar-refractivity contribution is 6.30. The van der Waals surface area contributed by atoms with Crippen molar-refractivity contribution in [2.24, 2.45) is 5.73 Å². The number of benzene rings is 1. The number of nitrogens with two attached hydrogens (primary N) is 1. The van der Waals surface area contributed by atoms with Crippen LogP contribution in [0.5, 0.6) is 0 Å². The van der Waals surface area contributed by atoms with Gasteiger partial charge in [0.15, 0.2) is 0 Å². The first-order chi connectivity index (χ1) is 14.0. The molecule has 0 radical (unpaired) electrons. The van der Waals surface area contributed by atoms with Crippen molar-refractivity contribution >= 4 is 23.5 Å². The lowest BCUT2D eigenvalue weighted by atomic mass is 10.2. The predicted molar refractivity (Wildman–Crippen MR) is 108 cm³/mol. The fourth-order valence-electron chi connectivity index (χ4n) is 3.15. The second kappa shape index (κ2) is 10.2. The molecule has 2 heterocycles. The van der Waals surface area contributed by atoms with Gasteiger partial charge in [0.05, 0.1) is 6.54 Å². The van der Waals surface area contributed by atoms with Gasteiger partial charge in [-0.3, -0.25) is 9.69 Å². The summed E-state index contributed by atoms with van der Waals surface area (Å²) in [5.74, 6) is 1.24. The molecule has 1 saturated heterocycles. The van der Waals surface area contributed by atoms with Crippen molar-refractivity contribution in [3.8, 4) is 11.4 Å². The van der Waals surface area contributed by atoms with Crippen LogP contribution in [0.3, 0.4) is 0 Å². The quantitative estimate of drug-likeness (QED) is 0.629. The van der Waals surface area contributed by atoms with E-state index in [9.17, 15) is 9.59 Å². The molecule has 1 aliphatic heterocycles. The van der Waals surface area contributed by atoms with Gasteiger partial charge in [-0.2, -0.15) is 4.98 Å². The molecule has 156 valence electrons. The zero-order valence-corrected chi connectivity index (χ0v) is 16.9. The van der Waals surface area contributed by atoms with E-state index in [1.54, 1.807) is 12.1 Å². The average Bonchev–Trinajstić information content (AvgIpc) is 3.17. The minimum atomic E-state index is -0.533. The van der Waals surface area contributed by atoms with Gasteiger partial charge < -0.3 is 20.5 Å². The fourth-order valence-corrected chi connectivity index (χ4v) is 3.28. The number of piperazine rings is 1. The van der Waals surface area contributed by atoms with Gasteiger partial charge in [-0.1, -0.05) is 16.8 Å². The number of primary amides is 1. The molecule has 1 aromatic heterocycles. The summed E-state index contributed by atoms with van der Waals surface area (Å²) in [4.78, 5) is 31.4. The molecule has 3 rings (SSSR count). The number of aromatic nitrogens is 2. The Morgan fingerprint density at radius 1 is 1.14 bits per heavy atom. The SMILES string of the molecule is NC(=O)NCCCCC(=O)N1CCN(Cc2nc(-c3ccc(Cl)cc3)no2)CC1. The predicted octanol–water partition coefficient (Wildman–Crippen LogP) is 1.87. The van der Waals surface area contributed by atoms with E-state index in [0.29, 0.717) is 49.3 Å². The number of halogens is 1. The fraction of sp³-hybridized carbons (Fsp3) is 0.474. The Morgan fingerprint density at radius 3 is 2.55 bits per heavy atom. The molecule has 0 saturated carbocycles. The van der Waals surface area contributed by atoms with E-state index in [2.05, 4.69) is 20.4 Å². The summed E-state index contributed by atoms with van der Waals surface area (Å²) in [6.45, 7) is 3.92. The van der Waals surface area contributed by atoms with Crippen molar-refractivity contribution in [1.82, 2.24) is 25.3 Å². The lowest BCUT2D eigenvalue weighted by Gasteiger charge is -2.34. The van der Waals surface area contributed by atoms with Crippen molar-refractivity contribution < 1.29 is 14.1 Å². The molecule has 0 aliphatic carbocycles. The highest BCUT2D eigenvalue weighted by atomic mass is 35.5. The van der Waals surface area contributed by atoms with Crippen LogP contribution in [0.25, 0.3) is 11.4 Å². The normalized spacial score (nSPS) is 14.7. The molecule has 10 heteroatoms. The van der Waals surface area contributed by atoms with Gasteiger partial charge in [0.25, 0.3) is 0 Å². The molecule has 1 fully saturated rings. The average molecular weight is 421 g/mol. The number of carbonyl (C=O) groups is 2. The molecule has 3 N–H and O–H groups in total. The summed E-state index contributed by atoms with van der Waals surface area (Å²) in [6.07, 6.45) is 1.95. The van der Waals surface area contributed by atoms with E-state index in [-0.39, 0.29) is 5.91 Å². The Hall–Kier alpha value is -2.65. The molecule has 9 nitrogen and oxygen atoms in total. The minimum Gasteiger partial charge on any atom is -0.352 e. The first-order valence-electron chi connectivity index (χ1n) is 9.63. The topological polar surface area (TPSA) is 118 Å². The molecule has 0 unspecified atom stereocenters. The largest absolute Gasteiger partial charge is 0.352 e. The van der Waals surface area contributed by atoms with Gasteiger partial charge >= 0.3 is 6.03 Å². The number of carbonyl (C=O) groups excluding carboxylic acids is 2. The second-order valence-electron chi connectivity index (χ2n) is 6.92. The van der Waals surface area contributed by atoms with E-state index in [0.717, 1.165) is 31.5 Å². The van der Waals surface area contributed by atoms with Gasteiger partial charge in [0.1, 0.15) is 0 Å². The maximum Gasteiger partial charge on any atom is 0.312 e. The molecule has 3 amide bonds. The maximum atomic E-state index is 12.3. The number of unbranched alkanes of at least 4 members (excludes halogenated alkanes) is 1. The zero-order chi connectivity index (χ0) is 20.6. The monoisotopic (exact) mass is 420 g/mol. The summed E-state index contributed by atoms with van der Waals surface area (Å²) in [6, 6.07) is 6.75. The molecule has 29 heavy (non-hydrogen) atoms. The van der Waals surface area contributed by atoms with Crippen LogP contribution in [-0.4, -0.2) is 64.6 Å². The molecule has 1 aromatic carbocycles. The van der Waals surface area contributed by atoms with Gasteiger partial charge in [-0.25, -0.2) is 4.79 Å². The van der Waals surface area contributed by atoms with Crippen LogP contribution in [0.15, 0.2) is 28.8 Å². The Bertz CT molecular complexity index is 818. The Morgan fingerprint density at radius 2 is 1.86 bits per heavy atom. The first-order valence-corrected chi connectivity index (χ1v) is 10.0. The van der Waals surface area contributed by atoms with Crippen LogP contribution in [0.2, 0.25) is 5.02 Å². The third kappa shape index (κ3) is 6.43. The third-order valence-corrected chi connectivity index (χ3v) is 5.02. The number of hydrogen-bond donors (Lipinski definition) is 2. The van der Waals surface area contributed by atoms with Crippen molar-refractivity contribution in [2.45, 2.75) is 25.8 Å². The van der Waals surface area contributed by atoms with Crippen molar-refractivity contribution in [1.29, 1.82) is 0 Å². The van der Waals surface area contributed by atoms with E-state index >= 15 is 0 Å². The Kier molecular flexibility index (Phi) is 7.42. The van der Waals surface area contributed by atoms with Crippen LogP contribution in [0.1, 0.15) is 25.2 Å². The molecule has 0 spiro atoms. The number of amides is 3. The number of nitrogens with one attached hydrogen (secondary N) is 1. The molecule has 2 aromatic rings. The lowest BCUT2D eigenvalue weighted by molar-refractivity contribution is -0.133. The second-order valence-corrected chi connectivity index (χ2v) is 7.36. The standard InChI is InChI=1S/C19H25ClN6O3/c20-15-6-4-14(5-7-15)18-23-16(29-24-18)13-25-9-11-26(12-10-25)17(27)3-1-2-8-22-19(21)28/h4-7H,1-3,8-13H2,(H3,21,22,28). The minimum absolute atomic E-state index is 0.145. The Labute approximate surface area is 174 Å². The first kappa shape index (κ1) is 21.1. The maximum absolute atomic E-state index is 12.3. The molecular weight excluding hydrogens is 396 g/mol. The van der Waals surface area contributed by atoms with E-state index < -0.39 is 6.03 Å². The summed E-state index contributed by atoms with van der Waals surface area (Å²) in [5, 5.41) is 7.21. The Balaban J connectivity index is 1.39. The van der Waals surface area contributed by atoms with Gasteiger partial charge in [0.2, 0.25) is 17.6 Å². The number of nitrogens with zero attached hydrogens (tertiary/aromatic N) is 4. The van der Waals surface area contributed by atoms with Crippen molar-refractivity contribution in [3.05, 3.63) is 35.2 Å².